The van der Waals surface area contributed by atoms with Gasteiger partial charge in [0.2, 0.25) is 0 Å². The summed E-state index contributed by atoms with van der Waals surface area (Å²) in [6, 6.07) is 7.04. The van der Waals surface area contributed by atoms with Gasteiger partial charge in [0, 0.05) is 24.7 Å². The van der Waals surface area contributed by atoms with Crippen molar-refractivity contribution >= 4 is 5.96 Å². The van der Waals surface area contributed by atoms with Crippen molar-refractivity contribution in [2.24, 2.45) is 10.9 Å². The molecule has 144 valence electrons. The van der Waals surface area contributed by atoms with Crippen molar-refractivity contribution in [3.8, 4) is 5.75 Å². The van der Waals surface area contributed by atoms with Crippen LogP contribution in [-0.2, 0) is 6.54 Å². The van der Waals surface area contributed by atoms with Crippen LogP contribution in [-0.4, -0.2) is 50.2 Å². The van der Waals surface area contributed by atoms with Crippen LogP contribution in [0.1, 0.15) is 43.7 Å². The molecule has 0 bridgehead atoms. The lowest BCUT2D eigenvalue weighted by Gasteiger charge is -2.21. The Balaban J connectivity index is 1.60. The SMILES string of the molecule is CCNC(=NCc1ccc(C)cc1OCC1CC1)NCC1CCCN1C. The Kier molecular flexibility index (Phi) is 6.78. The zero-order valence-electron chi connectivity index (χ0n) is 16.6. The molecule has 0 spiro atoms. The number of likely N-dealkylation sites (tertiary alicyclic amines) is 1. The molecule has 1 saturated carbocycles. The molecule has 0 amide bonds. The Morgan fingerprint density at radius 3 is 2.81 bits per heavy atom. The Labute approximate surface area is 158 Å². The lowest BCUT2D eigenvalue weighted by atomic mass is 10.1. The van der Waals surface area contributed by atoms with E-state index < -0.39 is 0 Å². The summed E-state index contributed by atoms with van der Waals surface area (Å²) in [6.07, 6.45) is 5.18. The van der Waals surface area contributed by atoms with Gasteiger partial charge in [-0.2, -0.15) is 0 Å². The highest BCUT2D eigenvalue weighted by Gasteiger charge is 2.22. The van der Waals surface area contributed by atoms with Gasteiger partial charge in [-0.1, -0.05) is 12.1 Å². The molecular formula is C21H34N4O. The molecule has 1 aromatic rings. The van der Waals surface area contributed by atoms with E-state index >= 15 is 0 Å². The number of nitrogens with zero attached hydrogens (tertiary/aromatic N) is 2. The van der Waals surface area contributed by atoms with Crippen molar-refractivity contribution in [2.75, 3.05) is 33.3 Å². The number of guanidine groups is 1. The Morgan fingerprint density at radius 1 is 1.27 bits per heavy atom. The molecule has 1 aliphatic heterocycles. The summed E-state index contributed by atoms with van der Waals surface area (Å²) in [7, 11) is 2.21. The summed E-state index contributed by atoms with van der Waals surface area (Å²) in [4.78, 5) is 7.23. The highest BCUT2D eigenvalue weighted by Crippen LogP contribution is 2.31. The van der Waals surface area contributed by atoms with E-state index in [0.29, 0.717) is 12.6 Å². The number of aliphatic imine (C=N–C) groups is 1. The molecule has 26 heavy (non-hydrogen) atoms. The number of hydrogen-bond acceptors (Lipinski definition) is 3. The van der Waals surface area contributed by atoms with Crippen LogP contribution in [0.15, 0.2) is 23.2 Å². The van der Waals surface area contributed by atoms with Crippen molar-refractivity contribution < 1.29 is 4.74 Å². The third-order valence-electron chi connectivity index (χ3n) is 5.32. The lowest BCUT2D eigenvalue weighted by Crippen LogP contribution is -2.44. The van der Waals surface area contributed by atoms with Crippen LogP contribution in [0.4, 0.5) is 0 Å². The Hall–Kier alpha value is -1.75. The van der Waals surface area contributed by atoms with Crippen molar-refractivity contribution in [3.05, 3.63) is 29.3 Å². The smallest absolute Gasteiger partial charge is 0.191 e. The minimum atomic E-state index is 0.607. The van der Waals surface area contributed by atoms with E-state index in [2.05, 4.69) is 54.6 Å². The molecule has 2 fully saturated rings. The maximum atomic E-state index is 6.07. The molecule has 1 saturated heterocycles. The Bertz CT molecular complexity index is 612. The van der Waals surface area contributed by atoms with Gasteiger partial charge in [0.15, 0.2) is 5.96 Å². The van der Waals surface area contributed by atoms with Gasteiger partial charge < -0.3 is 20.3 Å². The number of hydrogen-bond donors (Lipinski definition) is 2. The minimum absolute atomic E-state index is 0.607. The third-order valence-corrected chi connectivity index (χ3v) is 5.32. The molecule has 1 atom stereocenters. The number of likely N-dealkylation sites (N-methyl/N-ethyl adjacent to an activating group) is 1. The van der Waals surface area contributed by atoms with Crippen LogP contribution in [0.25, 0.3) is 0 Å². The zero-order chi connectivity index (χ0) is 18.4. The summed E-state index contributed by atoms with van der Waals surface area (Å²) in [5.41, 5.74) is 2.39. The predicted octanol–water partition coefficient (Wildman–Crippen LogP) is 2.93. The molecular weight excluding hydrogens is 324 g/mol. The van der Waals surface area contributed by atoms with Gasteiger partial charge in [-0.25, -0.2) is 4.99 Å². The average molecular weight is 359 g/mol. The first-order chi connectivity index (χ1) is 12.7. The summed E-state index contributed by atoms with van der Waals surface area (Å²) < 4.78 is 6.07. The molecule has 1 aromatic carbocycles. The highest BCUT2D eigenvalue weighted by atomic mass is 16.5. The number of aryl methyl sites for hydroxylation is 1. The van der Waals surface area contributed by atoms with Crippen LogP contribution in [0, 0.1) is 12.8 Å². The second-order valence-corrected chi connectivity index (χ2v) is 7.72. The summed E-state index contributed by atoms with van der Waals surface area (Å²) in [5, 5.41) is 6.87. The van der Waals surface area contributed by atoms with Gasteiger partial charge in [0.05, 0.1) is 13.2 Å². The average Bonchev–Trinajstić information content (AvgIpc) is 3.37. The minimum Gasteiger partial charge on any atom is -0.493 e. The van der Waals surface area contributed by atoms with E-state index in [-0.39, 0.29) is 0 Å². The van der Waals surface area contributed by atoms with Gasteiger partial charge in [0.1, 0.15) is 5.75 Å². The molecule has 1 aliphatic carbocycles. The van der Waals surface area contributed by atoms with Crippen molar-refractivity contribution in [3.63, 3.8) is 0 Å². The summed E-state index contributed by atoms with van der Waals surface area (Å²) >= 11 is 0. The van der Waals surface area contributed by atoms with Crippen LogP contribution in [0.2, 0.25) is 0 Å². The summed E-state index contributed by atoms with van der Waals surface area (Å²) in [6.45, 7) is 8.70. The topological polar surface area (TPSA) is 48.9 Å². The number of rotatable bonds is 8. The largest absolute Gasteiger partial charge is 0.493 e. The predicted molar refractivity (Wildman–Crippen MR) is 108 cm³/mol. The van der Waals surface area contributed by atoms with Crippen molar-refractivity contribution in [1.82, 2.24) is 15.5 Å². The van der Waals surface area contributed by atoms with E-state index in [1.807, 2.05) is 0 Å². The highest BCUT2D eigenvalue weighted by molar-refractivity contribution is 5.79. The van der Waals surface area contributed by atoms with Crippen LogP contribution in [0.5, 0.6) is 5.75 Å². The van der Waals surface area contributed by atoms with E-state index in [1.165, 1.54) is 37.8 Å². The lowest BCUT2D eigenvalue weighted by molar-refractivity contribution is 0.296. The van der Waals surface area contributed by atoms with Gasteiger partial charge in [-0.15, -0.1) is 0 Å². The zero-order valence-corrected chi connectivity index (χ0v) is 16.6. The molecule has 1 unspecified atom stereocenters. The summed E-state index contributed by atoms with van der Waals surface area (Å²) in [5.74, 6) is 2.64. The second-order valence-electron chi connectivity index (χ2n) is 7.72. The normalized spacial score (nSPS) is 21.0. The molecule has 1 heterocycles. The van der Waals surface area contributed by atoms with Crippen LogP contribution in [0.3, 0.4) is 0 Å². The monoisotopic (exact) mass is 358 g/mol. The van der Waals surface area contributed by atoms with E-state index in [9.17, 15) is 0 Å². The van der Waals surface area contributed by atoms with Gasteiger partial charge in [-0.05, 0) is 70.7 Å². The first-order valence-electron chi connectivity index (χ1n) is 10.1. The second kappa shape index (κ2) is 9.26. The molecule has 0 radical (unpaired) electrons. The van der Waals surface area contributed by atoms with E-state index in [4.69, 9.17) is 9.73 Å². The number of nitrogens with one attached hydrogen (secondary N) is 2. The molecule has 5 nitrogen and oxygen atoms in total. The number of benzene rings is 1. The maximum Gasteiger partial charge on any atom is 0.191 e. The fraction of sp³-hybridized carbons (Fsp3) is 0.667. The Morgan fingerprint density at radius 2 is 2.12 bits per heavy atom. The molecule has 2 N–H and O–H groups in total. The number of ether oxygens (including phenoxy) is 1. The van der Waals surface area contributed by atoms with Gasteiger partial charge >= 0.3 is 0 Å². The van der Waals surface area contributed by atoms with Crippen molar-refractivity contribution in [1.29, 1.82) is 0 Å². The molecule has 0 aromatic heterocycles. The quantitative estimate of drug-likeness (QED) is 0.554. The third kappa shape index (κ3) is 5.63. The van der Waals surface area contributed by atoms with Gasteiger partial charge in [0.25, 0.3) is 0 Å². The molecule has 3 rings (SSSR count). The maximum absolute atomic E-state index is 6.07. The molecule has 2 aliphatic rings. The van der Waals surface area contributed by atoms with Crippen LogP contribution >= 0.6 is 0 Å². The standard InChI is InChI=1S/C21H34N4O/c1-4-22-21(24-14-19-6-5-11-25(19)3)23-13-18-10-7-16(2)12-20(18)26-15-17-8-9-17/h7,10,12,17,19H,4-6,8-9,11,13-15H2,1-3H3,(H2,22,23,24). The van der Waals surface area contributed by atoms with Crippen LogP contribution < -0.4 is 15.4 Å². The van der Waals surface area contributed by atoms with E-state index in [0.717, 1.165) is 42.9 Å². The fourth-order valence-electron chi connectivity index (χ4n) is 3.38. The van der Waals surface area contributed by atoms with Crippen molar-refractivity contribution in [2.45, 2.75) is 52.1 Å². The van der Waals surface area contributed by atoms with Gasteiger partial charge in [-0.3, -0.25) is 0 Å². The fourth-order valence-corrected chi connectivity index (χ4v) is 3.38. The molecule has 5 heteroatoms. The first kappa shape index (κ1) is 19.0. The van der Waals surface area contributed by atoms with E-state index in [1.54, 1.807) is 0 Å². The first-order valence-corrected chi connectivity index (χ1v) is 10.1.